The van der Waals surface area contributed by atoms with Gasteiger partial charge in [0.2, 0.25) is 5.76 Å². The molecule has 13 heavy (non-hydrogen) atoms. The summed E-state index contributed by atoms with van der Waals surface area (Å²) in [6, 6.07) is 1.55. The van der Waals surface area contributed by atoms with Gasteiger partial charge >= 0.3 is 5.97 Å². The van der Waals surface area contributed by atoms with Crippen LogP contribution in [0.5, 0.6) is 0 Å². The molecule has 0 fully saturated rings. The maximum atomic E-state index is 11.1. The molecule has 0 spiro atoms. The Labute approximate surface area is 75.8 Å². The van der Waals surface area contributed by atoms with E-state index in [9.17, 15) is 4.79 Å². The first-order valence-corrected chi connectivity index (χ1v) is 4.10. The predicted octanol–water partition coefficient (Wildman–Crippen LogP) is 0.353. The molecule has 1 heterocycles. The van der Waals surface area contributed by atoms with Crippen LogP contribution in [0.2, 0.25) is 0 Å². The maximum Gasteiger partial charge on any atom is 0.377 e. The van der Waals surface area contributed by atoms with Gasteiger partial charge in [0.05, 0.1) is 12.3 Å². The Bertz CT molecular complexity index is 283. The topological polar surface area (TPSA) is 78.4 Å². The number of rotatable bonds is 4. The summed E-state index contributed by atoms with van der Waals surface area (Å²) >= 11 is 0. The van der Waals surface area contributed by atoms with Gasteiger partial charge in [0.15, 0.2) is 0 Å². The van der Waals surface area contributed by atoms with Gasteiger partial charge < -0.3 is 15.0 Å². The van der Waals surface area contributed by atoms with Crippen LogP contribution >= 0.6 is 0 Å². The van der Waals surface area contributed by atoms with Crippen LogP contribution in [0.25, 0.3) is 0 Å². The van der Waals surface area contributed by atoms with Gasteiger partial charge in [-0.2, -0.15) is 0 Å². The summed E-state index contributed by atoms with van der Waals surface area (Å²) in [6.45, 7) is 2.54. The molecule has 0 atom stereocenters. The first kappa shape index (κ1) is 9.73. The average Bonchev–Trinajstić information content (AvgIpc) is 2.54. The lowest BCUT2D eigenvalue weighted by molar-refractivity contribution is 0.0479. The van der Waals surface area contributed by atoms with E-state index in [4.69, 9.17) is 15.0 Å². The molecule has 0 saturated carbocycles. The molecule has 0 bridgehead atoms. The van der Waals surface area contributed by atoms with Crippen molar-refractivity contribution >= 4 is 5.97 Å². The predicted molar refractivity (Wildman–Crippen MR) is 45.2 cm³/mol. The highest BCUT2D eigenvalue weighted by molar-refractivity contribution is 5.86. The van der Waals surface area contributed by atoms with Crippen LogP contribution in [-0.2, 0) is 11.2 Å². The number of nitrogens with zero attached hydrogens (tertiary/aromatic N) is 1. The second-order valence-electron chi connectivity index (χ2n) is 2.44. The Morgan fingerprint density at radius 1 is 1.77 bits per heavy atom. The van der Waals surface area contributed by atoms with E-state index in [0.29, 0.717) is 25.3 Å². The smallest absolute Gasteiger partial charge is 0.377 e. The zero-order valence-corrected chi connectivity index (χ0v) is 7.45. The minimum absolute atomic E-state index is 0.130. The van der Waals surface area contributed by atoms with Crippen molar-refractivity contribution in [3.05, 3.63) is 17.5 Å². The minimum Gasteiger partial charge on any atom is -0.460 e. The van der Waals surface area contributed by atoms with Crippen LogP contribution < -0.4 is 5.73 Å². The van der Waals surface area contributed by atoms with E-state index in [1.807, 2.05) is 0 Å². The van der Waals surface area contributed by atoms with Gasteiger partial charge in [-0.15, -0.1) is 0 Å². The van der Waals surface area contributed by atoms with Gasteiger partial charge in [-0.05, 0) is 13.5 Å². The summed E-state index contributed by atoms with van der Waals surface area (Å²) in [5.74, 6) is -0.358. The number of nitrogens with two attached hydrogens (primary N) is 1. The van der Waals surface area contributed by atoms with E-state index >= 15 is 0 Å². The van der Waals surface area contributed by atoms with Gasteiger partial charge in [0.1, 0.15) is 0 Å². The van der Waals surface area contributed by atoms with Crippen molar-refractivity contribution in [2.45, 2.75) is 13.3 Å². The quantitative estimate of drug-likeness (QED) is 0.683. The fourth-order valence-electron chi connectivity index (χ4n) is 0.876. The van der Waals surface area contributed by atoms with Gasteiger partial charge in [-0.3, -0.25) is 0 Å². The van der Waals surface area contributed by atoms with Crippen molar-refractivity contribution in [1.82, 2.24) is 5.16 Å². The zero-order valence-electron chi connectivity index (χ0n) is 7.45. The van der Waals surface area contributed by atoms with Crippen molar-refractivity contribution in [1.29, 1.82) is 0 Å². The number of hydrogen-bond acceptors (Lipinski definition) is 5. The van der Waals surface area contributed by atoms with E-state index in [2.05, 4.69) is 5.16 Å². The normalized spacial score (nSPS) is 10.0. The number of ether oxygens (including phenoxy) is 1. The molecule has 0 radical (unpaired) electrons. The first-order chi connectivity index (χ1) is 6.27. The van der Waals surface area contributed by atoms with Crippen LogP contribution in [0.4, 0.5) is 0 Å². The molecule has 0 aliphatic rings. The molecule has 5 heteroatoms. The van der Waals surface area contributed by atoms with E-state index in [1.165, 1.54) is 0 Å². The standard InChI is InChI=1S/C8H12N2O3/c1-2-12-8(11)7-5-6(3-4-9)10-13-7/h5H,2-4,9H2,1H3. The second kappa shape index (κ2) is 4.61. The van der Waals surface area contributed by atoms with E-state index in [0.717, 1.165) is 0 Å². The van der Waals surface area contributed by atoms with Crippen LogP contribution in [0.15, 0.2) is 10.6 Å². The molecular formula is C8H12N2O3. The molecule has 72 valence electrons. The third-order valence-electron chi connectivity index (χ3n) is 1.44. The molecule has 0 aromatic carbocycles. The molecule has 0 saturated heterocycles. The Kier molecular flexibility index (Phi) is 3.45. The maximum absolute atomic E-state index is 11.1. The summed E-state index contributed by atoms with van der Waals surface area (Å²) < 4.78 is 9.47. The first-order valence-electron chi connectivity index (χ1n) is 4.10. The molecule has 1 rings (SSSR count). The summed E-state index contributed by atoms with van der Waals surface area (Å²) in [6.07, 6.45) is 0.600. The monoisotopic (exact) mass is 184 g/mol. The zero-order chi connectivity index (χ0) is 9.68. The molecule has 0 unspecified atom stereocenters. The molecule has 0 aliphatic carbocycles. The molecule has 0 aliphatic heterocycles. The summed E-state index contributed by atoms with van der Waals surface area (Å²) in [5, 5.41) is 3.65. The number of hydrogen-bond donors (Lipinski definition) is 1. The minimum atomic E-state index is -0.488. The number of aromatic nitrogens is 1. The number of esters is 1. The highest BCUT2D eigenvalue weighted by atomic mass is 16.6. The van der Waals surface area contributed by atoms with Crippen LogP contribution in [0.3, 0.4) is 0 Å². The highest BCUT2D eigenvalue weighted by Crippen LogP contribution is 2.05. The van der Waals surface area contributed by atoms with Crippen molar-refractivity contribution in [2.75, 3.05) is 13.2 Å². The van der Waals surface area contributed by atoms with E-state index in [1.54, 1.807) is 13.0 Å². The molecule has 2 N–H and O–H groups in total. The Morgan fingerprint density at radius 3 is 3.15 bits per heavy atom. The average molecular weight is 184 g/mol. The Hall–Kier alpha value is -1.36. The van der Waals surface area contributed by atoms with Crippen molar-refractivity contribution < 1.29 is 14.1 Å². The Balaban J connectivity index is 2.62. The van der Waals surface area contributed by atoms with Crippen molar-refractivity contribution in [3.63, 3.8) is 0 Å². The van der Waals surface area contributed by atoms with Crippen LogP contribution in [-0.4, -0.2) is 24.3 Å². The van der Waals surface area contributed by atoms with Crippen LogP contribution in [0, 0.1) is 0 Å². The fraction of sp³-hybridized carbons (Fsp3) is 0.500. The Morgan fingerprint density at radius 2 is 2.54 bits per heavy atom. The van der Waals surface area contributed by atoms with Gasteiger partial charge in [0, 0.05) is 12.5 Å². The summed E-state index contributed by atoms with van der Waals surface area (Å²) in [5.41, 5.74) is 5.98. The van der Waals surface area contributed by atoms with E-state index in [-0.39, 0.29) is 5.76 Å². The fourth-order valence-corrected chi connectivity index (χ4v) is 0.876. The molecule has 1 aromatic heterocycles. The number of carbonyl (C=O) groups excluding carboxylic acids is 1. The third-order valence-corrected chi connectivity index (χ3v) is 1.44. The summed E-state index contributed by atoms with van der Waals surface area (Å²) in [4.78, 5) is 11.1. The molecule has 5 nitrogen and oxygen atoms in total. The number of carbonyl (C=O) groups is 1. The van der Waals surface area contributed by atoms with Crippen LogP contribution in [0.1, 0.15) is 23.2 Å². The third kappa shape index (κ3) is 2.55. The van der Waals surface area contributed by atoms with Gasteiger partial charge in [0.25, 0.3) is 0 Å². The summed E-state index contributed by atoms with van der Waals surface area (Å²) in [7, 11) is 0. The lowest BCUT2D eigenvalue weighted by Crippen LogP contribution is -2.03. The molecular weight excluding hydrogens is 172 g/mol. The highest BCUT2D eigenvalue weighted by Gasteiger charge is 2.12. The SMILES string of the molecule is CCOC(=O)c1cc(CCN)no1. The largest absolute Gasteiger partial charge is 0.460 e. The van der Waals surface area contributed by atoms with E-state index < -0.39 is 5.97 Å². The molecule has 1 aromatic rings. The van der Waals surface area contributed by atoms with Gasteiger partial charge in [-0.25, -0.2) is 4.79 Å². The van der Waals surface area contributed by atoms with Crippen molar-refractivity contribution in [3.8, 4) is 0 Å². The lowest BCUT2D eigenvalue weighted by Gasteiger charge is -1.94. The lowest BCUT2D eigenvalue weighted by atomic mass is 10.3. The van der Waals surface area contributed by atoms with Gasteiger partial charge in [-0.1, -0.05) is 5.16 Å². The molecule has 0 amide bonds. The second-order valence-corrected chi connectivity index (χ2v) is 2.44. The van der Waals surface area contributed by atoms with Crippen molar-refractivity contribution in [2.24, 2.45) is 5.73 Å².